The highest BCUT2D eigenvalue weighted by Gasteiger charge is 2.06. The number of fused-ring (bicyclic) bond motifs is 1. The van der Waals surface area contributed by atoms with Gasteiger partial charge in [-0.25, -0.2) is 0 Å². The van der Waals surface area contributed by atoms with Gasteiger partial charge >= 0.3 is 4.87 Å². The van der Waals surface area contributed by atoms with Crippen molar-refractivity contribution in [2.45, 2.75) is 13.5 Å². The average molecular weight is 253 g/mol. The number of carbonyl (C=O) groups excluding carboxylic acids is 1. The molecule has 0 saturated heterocycles. The Morgan fingerprint density at radius 2 is 2.19 bits per heavy atom. The Balaban J connectivity index is 2.26. The predicted molar refractivity (Wildman–Crippen MR) is 69.2 cm³/mol. The number of nitrogens with zero attached hydrogens (tertiary/aromatic N) is 1. The van der Waals surface area contributed by atoms with Crippen LogP contribution < -0.4 is 4.87 Å². The Morgan fingerprint density at radius 1 is 1.44 bits per heavy atom. The molecule has 0 unspecified atom stereocenters. The highest BCUT2D eigenvalue weighted by molar-refractivity contribution is 8.13. The van der Waals surface area contributed by atoms with E-state index in [1.165, 1.54) is 23.1 Å². The van der Waals surface area contributed by atoms with E-state index in [2.05, 4.69) is 0 Å². The van der Waals surface area contributed by atoms with Crippen molar-refractivity contribution in [3.05, 3.63) is 33.9 Å². The van der Waals surface area contributed by atoms with Crippen molar-refractivity contribution in [3.63, 3.8) is 0 Å². The second kappa shape index (κ2) is 4.84. The molecule has 0 radical (unpaired) electrons. The first-order valence-corrected chi connectivity index (χ1v) is 6.70. The number of para-hydroxylation sites is 1. The molecule has 0 saturated carbocycles. The minimum absolute atomic E-state index is 0.0466. The fourth-order valence-corrected chi connectivity index (χ4v) is 2.99. The summed E-state index contributed by atoms with van der Waals surface area (Å²) in [7, 11) is 0. The normalized spacial score (nSPS) is 10.8. The third-order valence-electron chi connectivity index (χ3n) is 2.19. The molecule has 0 aliphatic rings. The molecule has 0 bridgehead atoms. The summed E-state index contributed by atoms with van der Waals surface area (Å²) in [6, 6.07) is 7.72. The molecule has 0 aliphatic heterocycles. The van der Waals surface area contributed by atoms with E-state index in [1.54, 1.807) is 11.5 Å². The quantitative estimate of drug-likeness (QED) is 0.843. The van der Waals surface area contributed by atoms with Crippen molar-refractivity contribution in [1.82, 2.24) is 4.57 Å². The summed E-state index contributed by atoms with van der Waals surface area (Å²) >= 11 is 2.50. The Bertz CT molecular complexity index is 571. The molecule has 1 aromatic carbocycles. The van der Waals surface area contributed by atoms with Crippen LogP contribution in [-0.2, 0) is 11.3 Å². The van der Waals surface area contributed by atoms with Crippen molar-refractivity contribution in [2.75, 3.05) is 5.75 Å². The number of hydrogen-bond acceptors (Lipinski definition) is 4. The van der Waals surface area contributed by atoms with E-state index in [4.69, 9.17) is 0 Å². The second-order valence-corrected chi connectivity index (χ2v) is 5.59. The van der Waals surface area contributed by atoms with Crippen molar-refractivity contribution >= 4 is 38.4 Å². The molecule has 0 aliphatic carbocycles. The van der Waals surface area contributed by atoms with E-state index < -0.39 is 0 Å². The molecule has 0 N–H and O–H groups in total. The molecule has 2 rings (SSSR count). The molecule has 0 atom stereocenters. The van der Waals surface area contributed by atoms with E-state index in [0.717, 1.165) is 10.2 Å². The molecule has 0 spiro atoms. The van der Waals surface area contributed by atoms with E-state index in [9.17, 15) is 9.59 Å². The van der Waals surface area contributed by atoms with Gasteiger partial charge in [-0.3, -0.25) is 14.2 Å². The van der Waals surface area contributed by atoms with Gasteiger partial charge < -0.3 is 0 Å². The Labute approximate surface area is 101 Å². The summed E-state index contributed by atoms with van der Waals surface area (Å²) in [5, 5.41) is 0.0904. The van der Waals surface area contributed by atoms with Gasteiger partial charge in [0.15, 0.2) is 5.12 Å². The molecule has 3 nitrogen and oxygen atoms in total. The smallest absolute Gasteiger partial charge is 0.298 e. The lowest BCUT2D eigenvalue weighted by Crippen LogP contribution is -2.14. The Kier molecular flexibility index (Phi) is 3.46. The number of thioether (sulfide) groups is 1. The molecular weight excluding hydrogens is 242 g/mol. The zero-order valence-corrected chi connectivity index (χ0v) is 10.4. The maximum Gasteiger partial charge on any atom is 0.308 e. The summed E-state index contributed by atoms with van der Waals surface area (Å²) in [6.07, 6.45) is 0. The van der Waals surface area contributed by atoms with Gasteiger partial charge in [-0.05, 0) is 12.1 Å². The average Bonchev–Trinajstić information content (AvgIpc) is 2.55. The van der Waals surface area contributed by atoms with Crippen LogP contribution in [0.1, 0.15) is 6.92 Å². The number of thiazole rings is 1. The van der Waals surface area contributed by atoms with E-state index >= 15 is 0 Å². The lowest BCUT2D eigenvalue weighted by Gasteiger charge is -2.01. The number of hydrogen-bond donors (Lipinski definition) is 0. The first-order valence-electron chi connectivity index (χ1n) is 4.90. The topological polar surface area (TPSA) is 39.1 Å². The standard InChI is InChI=1S/C11H11NO2S2/c1-8(13)15-7-6-12-9-4-2-3-5-10(9)16-11(12)14/h2-5H,6-7H2,1H3. The van der Waals surface area contributed by atoms with Crippen LogP contribution >= 0.6 is 23.1 Å². The van der Waals surface area contributed by atoms with Crippen LogP contribution in [0.15, 0.2) is 29.1 Å². The van der Waals surface area contributed by atoms with Gasteiger partial charge in [-0.15, -0.1) is 0 Å². The van der Waals surface area contributed by atoms with Crippen LogP contribution in [0.5, 0.6) is 0 Å². The zero-order chi connectivity index (χ0) is 11.5. The SMILES string of the molecule is CC(=O)SCCn1c(=O)sc2ccccc21. The fraction of sp³-hybridized carbons (Fsp3) is 0.273. The third-order valence-corrected chi connectivity index (χ3v) is 3.95. The first kappa shape index (κ1) is 11.4. The van der Waals surface area contributed by atoms with Crippen molar-refractivity contribution in [2.24, 2.45) is 0 Å². The summed E-state index contributed by atoms with van der Waals surface area (Å²) < 4.78 is 2.73. The van der Waals surface area contributed by atoms with Gasteiger partial charge in [0.05, 0.1) is 10.2 Å². The highest BCUT2D eigenvalue weighted by Crippen LogP contribution is 2.16. The van der Waals surface area contributed by atoms with Gasteiger partial charge in [-0.2, -0.15) is 0 Å². The molecule has 1 heterocycles. The van der Waals surface area contributed by atoms with Gasteiger partial charge in [0, 0.05) is 19.2 Å². The predicted octanol–water partition coefficient (Wildman–Crippen LogP) is 2.34. The lowest BCUT2D eigenvalue weighted by molar-refractivity contribution is -0.109. The van der Waals surface area contributed by atoms with Crippen molar-refractivity contribution < 1.29 is 4.79 Å². The Morgan fingerprint density at radius 3 is 2.94 bits per heavy atom. The molecule has 0 amide bonds. The van der Waals surface area contributed by atoms with Gasteiger partial charge in [0.1, 0.15) is 0 Å². The molecule has 16 heavy (non-hydrogen) atoms. The van der Waals surface area contributed by atoms with Crippen LogP contribution in [0.2, 0.25) is 0 Å². The van der Waals surface area contributed by atoms with Crippen LogP contribution in [0.25, 0.3) is 10.2 Å². The monoisotopic (exact) mass is 253 g/mol. The third kappa shape index (κ3) is 2.36. The van der Waals surface area contributed by atoms with Gasteiger partial charge in [0.25, 0.3) is 0 Å². The summed E-state index contributed by atoms with van der Waals surface area (Å²) in [5.74, 6) is 0.649. The Hall–Kier alpha value is -1.07. The van der Waals surface area contributed by atoms with Crippen LogP contribution in [0.3, 0.4) is 0 Å². The fourth-order valence-electron chi connectivity index (χ4n) is 1.51. The van der Waals surface area contributed by atoms with Crippen LogP contribution in [0.4, 0.5) is 0 Å². The number of aromatic nitrogens is 1. The van der Waals surface area contributed by atoms with Crippen molar-refractivity contribution in [3.8, 4) is 0 Å². The lowest BCUT2D eigenvalue weighted by atomic mass is 10.3. The summed E-state index contributed by atoms with van der Waals surface area (Å²) in [5.41, 5.74) is 0.960. The van der Waals surface area contributed by atoms with Gasteiger partial charge in [-0.1, -0.05) is 35.2 Å². The summed E-state index contributed by atoms with van der Waals surface area (Å²) in [4.78, 5) is 22.5. The van der Waals surface area contributed by atoms with Crippen molar-refractivity contribution in [1.29, 1.82) is 0 Å². The number of rotatable bonds is 3. The summed E-state index contributed by atoms with van der Waals surface area (Å²) in [6.45, 7) is 2.13. The van der Waals surface area contributed by atoms with E-state index in [1.807, 2.05) is 24.3 Å². The first-order chi connectivity index (χ1) is 7.68. The molecule has 2 aromatic rings. The number of aryl methyl sites for hydroxylation is 1. The maximum atomic E-state index is 11.7. The van der Waals surface area contributed by atoms with Crippen LogP contribution in [-0.4, -0.2) is 15.4 Å². The van der Waals surface area contributed by atoms with Gasteiger partial charge in [0.2, 0.25) is 0 Å². The largest absolute Gasteiger partial charge is 0.308 e. The zero-order valence-electron chi connectivity index (χ0n) is 8.80. The van der Waals surface area contributed by atoms with E-state index in [-0.39, 0.29) is 9.99 Å². The number of benzene rings is 1. The molecule has 1 aromatic heterocycles. The second-order valence-electron chi connectivity index (χ2n) is 3.33. The van der Waals surface area contributed by atoms with Crippen LogP contribution in [0, 0.1) is 0 Å². The molecule has 84 valence electrons. The minimum atomic E-state index is 0.0466. The molecule has 0 fully saturated rings. The molecule has 5 heteroatoms. The number of carbonyl (C=O) groups is 1. The minimum Gasteiger partial charge on any atom is -0.298 e. The molecular formula is C11H11NO2S2. The van der Waals surface area contributed by atoms with E-state index in [0.29, 0.717) is 12.3 Å². The highest BCUT2D eigenvalue weighted by atomic mass is 32.2. The maximum absolute atomic E-state index is 11.7.